The molecule has 0 radical (unpaired) electrons. The Kier molecular flexibility index (Phi) is 6.87. The molecule has 0 spiro atoms. The fourth-order valence-corrected chi connectivity index (χ4v) is 2.44. The van der Waals surface area contributed by atoms with E-state index in [4.69, 9.17) is 9.47 Å². The largest absolute Gasteiger partial charge is 0.494 e. The van der Waals surface area contributed by atoms with Crippen molar-refractivity contribution in [3.8, 4) is 5.75 Å². The lowest BCUT2D eigenvalue weighted by atomic mass is 10.1. The van der Waals surface area contributed by atoms with Gasteiger partial charge in [0.25, 0.3) is 5.91 Å². The molecule has 0 aliphatic rings. The smallest absolute Gasteiger partial charge is 0.311 e. The first-order valence-electron chi connectivity index (χ1n) is 8.38. The van der Waals surface area contributed by atoms with Gasteiger partial charge in [-0.2, -0.15) is 0 Å². The second-order valence-corrected chi connectivity index (χ2v) is 6.06. The van der Waals surface area contributed by atoms with E-state index in [-0.39, 0.29) is 24.0 Å². The topological polar surface area (TPSA) is 64.6 Å². The van der Waals surface area contributed by atoms with E-state index in [1.165, 1.54) is 38.3 Å². The summed E-state index contributed by atoms with van der Waals surface area (Å²) in [5.41, 5.74) is 1.13. The maximum Gasteiger partial charge on any atom is 0.311 e. The number of ether oxygens (including phenoxy) is 2. The summed E-state index contributed by atoms with van der Waals surface area (Å²) in [5.74, 6) is -2.01. The van der Waals surface area contributed by atoms with Crippen LogP contribution in [-0.2, 0) is 20.7 Å². The monoisotopic (exact) mass is 377 g/mol. The highest BCUT2D eigenvalue weighted by Gasteiger charge is 2.20. The van der Waals surface area contributed by atoms with Crippen molar-refractivity contribution in [2.75, 3.05) is 7.11 Å². The summed E-state index contributed by atoms with van der Waals surface area (Å²) in [6, 6.07) is 9.49. The van der Waals surface area contributed by atoms with Gasteiger partial charge in [0.1, 0.15) is 5.82 Å². The molecular formula is C20H21F2NO4. The van der Waals surface area contributed by atoms with Gasteiger partial charge in [0, 0.05) is 0 Å². The predicted octanol–water partition coefficient (Wildman–Crippen LogP) is 3.33. The van der Waals surface area contributed by atoms with Crippen molar-refractivity contribution in [3.63, 3.8) is 0 Å². The summed E-state index contributed by atoms with van der Waals surface area (Å²) in [7, 11) is 1.35. The fourth-order valence-electron chi connectivity index (χ4n) is 2.44. The Bertz CT molecular complexity index is 808. The molecule has 0 aliphatic carbocycles. The molecule has 7 heteroatoms. The number of carbonyl (C=O) groups is 2. The molecule has 5 nitrogen and oxygen atoms in total. The Balaban J connectivity index is 1.88. The molecule has 0 fully saturated rings. The van der Waals surface area contributed by atoms with Crippen LogP contribution in [0.5, 0.6) is 5.75 Å². The van der Waals surface area contributed by atoms with Gasteiger partial charge in [0.2, 0.25) is 0 Å². The first-order chi connectivity index (χ1) is 12.8. The van der Waals surface area contributed by atoms with E-state index >= 15 is 0 Å². The number of esters is 1. The minimum atomic E-state index is -1.02. The number of benzene rings is 2. The van der Waals surface area contributed by atoms with Crippen molar-refractivity contribution in [2.45, 2.75) is 32.4 Å². The highest BCUT2D eigenvalue weighted by Crippen LogP contribution is 2.18. The van der Waals surface area contributed by atoms with Crippen LogP contribution in [0.3, 0.4) is 0 Å². The summed E-state index contributed by atoms with van der Waals surface area (Å²) in [4.78, 5) is 24.2. The first kappa shape index (κ1) is 20.4. The molecule has 2 unspecified atom stereocenters. The molecule has 2 rings (SSSR count). The van der Waals surface area contributed by atoms with Crippen LogP contribution in [0.2, 0.25) is 0 Å². The fraction of sp³-hybridized carbons (Fsp3) is 0.300. The third-order valence-electron chi connectivity index (χ3n) is 3.97. The Labute approximate surface area is 156 Å². The van der Waals surface area contributed by atoms with Crippen molar-refractivity contribution in [3.05, 3.63) is 65.2 Å². The third kappa shape index (κ3) is 5.77. The molecule has 27 heavy (non-hydrogen) atoms. The van der Waals surface area contributed by atoms with E-state index in [0.29, 0.717) is 5.56 Å². The maximum absolute atomic E-state index is 13.7. The lowest BCUT2D eigenvalue weighted by Crippen LogP contribution is -2.37. The second kappa shape index (κ2) is 9.12. The van der Waals surface area contributed by atoms with Gasteiger partial charge in [0.05, 0.1) is 19.6 Å². The average molecular weight is 377 g/mol. The summed E-state index contributed by atoms with van der Waals surface area (Å²) in [6.07, 6.45) is -1.20. The number of halogens is 2. The normalized spacial score (nSPS) is 12.8. The third-order valence-corrected chi connectivity index (χ3v) is 3.97. The molecule has 0 saturated carbocycles. The Hall–Kier alpha value is -2.96. The van der Waals surface area contributed by atoms with Gasteiger partial charge in [-0.3, -0.25) is 9.59 Å². The summed E-state index contributed by atoms with van der Waals surface area (Å²) < 4.78 is 36.5. The number of rotatable bonds is 7. The first-order valence-corrected chi connectivity index (χ1v) is 8.38. The number of amides is 1. The van der Waals surface area contributed by atoms with Crippen molar-refractivity contribution in [1.82, 2.24) is 5.32 Å². The number of nitrogens with one attached hydrogen (secondary N) is 1. The molecular weight excluding hydrogens is 356 g/mol. The van der Waals surface area contributed by atoms with E-state index in [0.717, 1.165) is 5.56 Å². The van der Waals surface area contributed by atoms with Gasteiger partial charge in [0.15, 0.2) is 17.7 Å². The van der Waals surface area contributed by atoms with Crippen molar-refractivity contribution in [1.29, 1.82) is 0 Å². The standard InChI is InChI=1S/C20H21F2NO4/c1-12(15-5-7-16(21)8-6-15)23-20(25)13(2)27-19(24)11-14-4-9-18(26-3)17(22)10-14/h4-10,12-13H,11H2,1-3H3,(H,23,25). The van der Waals surface area contributed by atoms with Crippen molar-refractivity contribution < 1.29 is 27.8 Å². The second-order valence-electron chi connectivity index (χ2n) is 6.06. The Morgan fingerprint density at radius 1 is 1.07 bits per heavy atom. The SMILES string of the molecule is COc1ccc(CC(=O)OC(C)C(=O)NC(C)c2ccc(F)cc2)cc1F. The highest BCUT2D eigenvalue weighted by molar-refractivity contribution is 5.84. The van der Waals surface area contributed by atoms with Crippen LogP contribution in [0.15, 0.2) is 42.5 Å². The Morgan fingerprint density at radius 2 is 1.74 bits per heavy atom. The molecule has 144 valence electrons. The number of hydrogen-bond acceptors (Lipinski definition) is 4. The van der Waals surface area contributed by atoms with Crippen LogP contribution in [0.25, 0.3) is 0 Å². The molecule has 2 atom stereocenters. The highest BCUT2D eigenvalue weighted by atomic mass is 19.1. The average Bonchev–Trinajstić information content (AvgIpc) is 2.62. The van der Waals surface area contributed by atoms with Gasteiger partial charge in [-0.15, -0.1) is 0 Å². The van der Waals surface area contributed by atoms with E-state index in [2.05, 4.69) is 5.32 Å². The van der Waals surface area contributed by atoms with E-state index in [1.807, 2.05) is 0 Å². The quantitative estimate of drug-likeness (QED) is 0.752. The molecule has 1 N–H and O–H groups in total. The molecule has 1 amide bonds. The predicted molar refractivity (Wildman–Crippen MR) is 95.2 cm³/mol. The number of hydrogen-bond donors (Lipinski definition) is 1. The van der Waals surface area contributed by atoms with Crippen LogP contribution in [0.1, 0.15) is 31.0 Å². The zero-order valence-electron chi connectivity index (χ0n) is 15.3. The molecule has 2 aromatic carbocycles. The summed E-state index contributed by atoms with van der Waals surface area (Å²) in [5, 5.41) is 2.69. The van der Waals surface area contributed by atoms with Crippen LogP contribution < -0.4 is 10.1 Å². The number of methoxy groups -OCH3 is 1. The minimum Gasteiger partial charge on any atom is -0.494 e. The summed E-state index contributed by atoms with van der Waals surface area (Å²) in [6.45, 7) is 3.18. The molecule has 0 aromatic heterocycles. The Morgan fingerprint density at radius 3 is 2.33 bits per heavy atom. The molecule has 2 aromatic rings. The summed E-state index contributed by atoms with van der Waals surface area (Å²) >= 11 is 0. The van der Waals surface area contributed by atoms with Crippen LogP contribution in [0, 0.1) is 11.6 Å². The van der Waals surface area contributed by atoms with E-state index in [1.54, 1.807) is 25.1 Å². The lowest BCUT2D eigenvalue weighted by Gasteiger charge is -2.18. The number of carbonyl (C=O) groups excluding carboxylic acids is 2. The molecule has 0 bridgehead atoms. The molecule has 0 aliphatic heterocycles. The van der Waals surface area contributed by atoms with Gasteiger partial charge in [-0.1, -0.05) is 18.2 Å². The van der Waals surface area contributed by atoms with Gasteiger partial charge in [-0.05, 0) is 49.2 Å². The van der Waals surface area contributed by atoms with Crippen molar-refractivity contribution in [2.24, 2.45) is 0 Å². The van der Waals surface area contributed by atoms with Crippen LogP contribution in [-0.4, -0.2) is 25.1 Å². The van der Waals surface area contributed by atoms with Crippen molar-refractivity contribution >= 4 is 11.9 Å². The zero-order valence-corrected chi connectivity index (χ0v) is 15.3. The molecule has 0 heterocycles. The lowest BCUT2D eigenvalue weighted by molar-refractivity contribution is -0.154. The minimum absolute atomic E-state index is 0.0784. The van der Waals surface area contributed by atoms with Crippen LogP contribution >= 0.6 is 0 Å². The van der Waals surface area contributed by atoms with E-state index < -0.39 is 23.8 Å². The van der Waals surface area contributed by atoms with E-state index in [9.17, 15) is 18.4 Å². The van der Waals surface area contributed by atoms with Gasteiger partial charge in [-0.25, -0.2) is 8.78 Å². The molecule has 0 saturated heterocycles. The van der Waals surface area contributed by atoms with Gasteiger partial charge >= 0.3 is 5.97 Å². The van der Waals surface area contributed by atoms with Crippen LogP contribution in [0.4, 0.5) is 8.78 Å². The van der Waals surface area contributed by atoms with Gasteiger partial charge < -0.3 is 14.8 Å². The zero-order chi connectivity index (χ0) is 20.0. The maximum atomic E-state index is 13.7.